The predicted octanol–water partition coefficient (Wildman–Crippen LogP) is 1.11. The van der Waals surface area contributed by atoms with Crippen molar-refractivity contribution in [2.45, 2.75) is 12.5 Å². The average molecular weight is 390 g/mol. The number of anilines is 1. The van der Waals surface area contributed by atoms with E-state index >= 15 is 0 Å². The Kier molecular flexibility index (Phi) is 3.91. The fraction of sp³-hybridized carbons (Fsp3) is 0.471. The molecule has 0 radical (unpaired) electrons. The van der Waals surface area contributed by atoms with Gasteiger partial charge in [0.15, 0.2) is 5.41 Å². The van der Waals surface area contributed by atoms with Crippen LogP contribution in [-0.2, 0) is 16.0 Å². The van der Waals surface area contributed by atoms with E-state index in [4.69, 9.17) is 0 Å². The smallest absolute Gasteiger partial charge is 0.332 e. The second-order valence-corrected chi connectivity index (χ2v) is 8.16. The summed E-state index contributed by atoms with van der Waals surface area (Å²) in [5.74, 6) is 0.329. The highest BCUT2D eigenvalue weighted by molar-refractivity contribution is 7.99. The average Bonchev–Trinajstić information content (AvgIpc) is 2.68. The van der Waals surface area contributed by atoms with E-state index in [0.29, 0.717) is 17.9 Å². The first-order valence-corrected chi connectivity index (χ1v) is 9.66. The second kappa shape index (κ2) is 5.95. The largest absolute Gasteiger partial charge is 0.365 e. The zero-order chi connectivity index (χ0) is 19.5. The summed E-state index contributed by atoms with van der Waals surface area (Å²) in [6.07, 6.45) is 0.0470. The van der Waals surface area contributed by atoms with Gasteiger partial charge in [-0.15, -0.1) is 0 Å². The first-order chi connectivity index (χ1) is 12.8. The third kappa shape index (κ3) is 2.29. The number of nitrogens with zero attached hydrogens (tertiary/aromatic N) is 4. The molecule has 1 aromatic rings. The van der Waals surface area contributed by atoms with Crippen LogP contribution in [0.5, 0.6) is 0 Å². The monoisotopic (exact) mass is 390 g/mol. The summed E-state index contributed by atoms with van der Waals surface area (Å²) < 4.78 is 0. The quantitative estimate of drug-likeness (QED) is 0.402. The van der Waals surface area contributed by atoms with Crippen LogP contribution in [0.25, 0.3) is 0 Å². The van der Waals surface area contributed by atoms with Gasteiger partial charge >= 0.3 is 6.03 Å². The fourth-order valence-corrected chi connectivity index (χ4v) is 5.53. The molecule has 0 saturated carbocycles. The topological polar surface area (TPSA) is 104 Å². The number of barbiturate groups is 1. The Labute approximate surface area is 159 Å². The highest BCUT2D eigenvalue weighted by Crippen LogP contribution is 2.48. The van der Waals surface area contributed by atoms with Crippen molar-refractivity contribution >= 4 is 41.0 Å². The number of thioether (sulfide) groups is 1. The molecule has 4 amide bonds. The minimum atomic E-state index is -1.45. The molecule has 9 nitrogen and oxygen atoms in total. The van der Waals surface area contributed by atoms with E-state index in [1.807, 2.05) is 4.90 Å². The summed E-state index contributed by atoms with van der Waals surface area (Å²) in [6, 6.07) is 3.52. The van der Waals surface area contributed by atoms with Crippen molar-refractivity contribution in [1.29, 1.82) is 0 Å². The lowest BCUT2D eigenvalue weighted by atomic mass is 9.68. The molecule has 3 aliphatic heterocycles. The zero-order valence-corrected chi connectivity index (χ0v) is 15.7. The fourth-order valence-electron chi connectivity index (χ4n) is 4.35. The molecule has 27 heavy (non-hydrogen) atoms. The Hall–Kier alpha value is -2.62. The maximum atomic E-state index is 13.2. The number of carbonyl (C=O) groups excluding carboxylic acids is 3. The van der Waals surface area contributed by atoms with Crippen LogP contribution in [-0.4, -0.2) is 70.8 Å². The molecule has 0 aliphatic carbocycles. The highest BCUT2D eigenvalue weighted by atomic mass is 32.2. The maximum Gasteiger partial charge on any atom is 0.332 e. The molecule has 1 aromatic carbocycles. The lowest BCUT2D eigenvalue weighted by molar-refractivity contribution is -0.384. The molecule has 2 fully saturated rings. The molecule has 1 spiro atoms. The molecule has 10 heteroatoms. The van der Waals surface area contributed by atoms with Crippen LogP contribution >= 0.6 is 11.8 Å². The molecular formula is C17H18N4O5S. The molecule has 3 heterocycles. The number of non-ortho nitro benzene ring substituents is 1. The van der Waals surface area contributed by atoms with Gasteiger partial charge in [-0.05, 0) is 11.6 Å². The first kappa shape index (κ1) is 17.8. The normalized spacial score (nSPS) is 24.1. The molecule has 142 valence electrons. The maximum absolute atomic E-state index is 13.2. The van der Waals surface area contributed by atoms with Crippen molar-refractivity contribution in [2.75, 3.05) is 37.0 Å². The van der Waals surface area contributed by atoms with Gasteiger partial charge in [-0.2, -0.15) is 11.8 Å². The van der Waals surface area contributed by atoms with E-state index in [-0.39, 0.29) is 12.1 Å². The standard InChI is InChI=1S/C17H18N4O5S/c1-18-14(22)17(15(23)19(2)16(18)24)8-10-7-11(21(25)26)3-4-12(10)20-5-6-27-9-13(17)20/h3-4,7,13H,5-6,8-9H2,1-2H3/t13-/m1/s1. The number of imide groups is 2. The first-order valence-electron chi connectivity index (χ1n) is 8.51. The van der Waals surface area contributed by atoms with E-state index in [0.717, 1.165) is 21.2 Å². The van der Waals surface area contributed by atoms with Gasteiger partial charge in [-0.25, -0.2) is 4.79 Å². The van der Waals surface area contributed by atoms with Crippen molar-refractivity contribution in [3.05, 3.63) is 33.9 Å². The number of amides is 4. The third-order valence-corrected chi connectivity index (χ3v) is 6.72. The Morgan fingerprint density at radius 3 is 2.48 bits per heavy atom. The number of carbonyl (C=O) groups is 3. The van der Waals surface area contributed by atoms with Gasteiger partial charge in [0.25, 0.3) is 5.69 Å². The molecule has 1 atom stereocenters. The number of hydrogen-bond acceptors (Lipinski definition) is 7. The molecule has 0 bridgehead atoms. The minimum Gasteiger partial charge on any atom is -0.365 e. The van der Waals surface area contributed by atoms with Crippen molar-refractivity contribution in [1.82, 2.24) is 9.80 Å². The number of rotatable bonds is 1. The van der Waals surface area contributed by atoms with E-state index in [1.165, 1.54) is 26.2 Å². The summed E-state index contributed by atoms with van der Waals surface area (Å²) >= 11 is 1.66. The van der Waals surface area contributed by atoms with E-state index < -0.39 is 34.2 Å². The Bertz CT molecular complexity index is 864. The Morgan fingerprint density at radius 1 is 1.19 bits per heavy atom. The molecule has 0 aromatic heterocycles. The number of nitro benzene ring substituents is 1. The molecule has 4 rings (SSSR count). The van der Waals surface area contributed by atoms with E-state index in [2.05, 4.69) is 0 Å². The lowest BCUT2D eigenvalue weighted by Crippen LogP contribution is -2.72. The van der Waals surface area contributed by atoms with Crippen LogP contribution in [0.4, 0.5) is 16.2 Å². The minimum absolute atomic E-state index is 0.0470. The van der Waals surface area contributed by atoms with E-state index in [9.17, 15) is 24.5 Å². The Balaban J connectivity index is 1.92. The van der Waals surface area contributed by atoms with Gasteiger partial charge in [0.1, 0.15) is 0 Å². The zero-order valence-electron chi connectivity index (χ0n) is 14.9. The van der Waals surface area contributed by atoms with Crippen molar-refractivity contribution in [3.63, 3.8) is 0 Å². The summed E-state index contributed by atoms with van der Waals surface area (Å²) in [4.78, 5) is 53.4. The second-order valence-electron chi connectivity index (χ2n) is 7.01. The number of nitro groups is 1. The molecule has 0 unspecified atom stereocenters. The van der Waals surface area contributed by atoms with E-state index in [1.54, 1.807) is 17.8 Å². The van der Waals surface area contributed by atoms with Crippen LogP contribution in [0.2, 0.25) is 0 Å². The van der Waals surface area contributed by atoms with Gasteiger partial charge in [0, 0.05) is 56.4 Å². The number of urea groups is 1. The van der Waals surface area contributed by atoms with Crippen LogP contribution in [0, 0.1) is 15.5 Å². The summed E-state index contributed by atoms with van der Waals surface area (Å²) in [7, 11) is 2.75. The van der Waals surface area contributed by atoms with Crippen LogP contribution < -0.4 is 4.90 Å². The van der Waals surface area contributed by atoms with Crippen LogP contribution in [0.15, 0.2) is 18.2 Å². The van der Waals surface area contributed by atoms with Gasteiger partial charge < -0.3 is 4.90 Å². The van der Waals surface area contributed by atoms with Gasteiger partial charge in [0.2, 0.25) is 11.8 Å². The number of benzene rings is 1. The van der Waals surface area contributed by atoms with Crippen LogP contribution in [0.1, 0.15) is 5.56 Å². The van der Waals surface area contributed by atoms with Gasteiger partial charge in [-0.3, -0.25) is 29.5 Å². The van der Waals surface area contributed by atoms with Crippen LogP contribution in [0.3, 0.4) is 0 Å². The van der Waals surface area contributed by atoms with Crippen molar-refractivity contribution in [3.8, 4) is 0 Å². The molecule has 3 aliphatic rings. The van der Waals surface area contributed by atoms with Crippen molar-refractivity contribution < 1.29 is 19.3 Å². The Morgan fingerprint density at radius 2 is 1.85 bits per heavy atom. The van der Waals surface area contributed by atoms with Crippen molar-refractivity contribution in [2.24, 2.45) is 5.41 Å². The molecular weight excluding hydrogens is 372 g/mol. The SMILES string of the molecule is CN1C(=O)N(C)C(=O)C2(Cc3cc([N+](=O)[O-])ccc3N3CCSC[C@@H]32)C1=O. The lowest BCUT2D eigenvalue weighted by Gasteiger charge is -2.54. The predicted molar refractivity (Wildman–Crippen MR) is 98.6 cm³/mol. The number of fused-ring (bicyclic) bond motifs is 4. The van der Waals surface area contributed by atoms with Gasteiger partial charge in [-0.1, -0.05) is 0 Å². The highest BCUT2D eigenvalue weighted by Gasteiger charge is 2.63. The number of hydrogen-bond donors (Lipinski definition) is 0. The molecule has 2 saturated heterocycles. The molecule has 0 N–H and O–H groups in total. The summed E-state index contributed by atoms with van der Waals surface area (Å²) in [5.41, 5.74) is -0.126. The van der Waals surface area contributed by atoms with Gasteiger partial charge in [0.05, 0.1) is 11.0 Å². The summed E-state index contributed by atoms with van der Waals surface area (Å²) in [6.45, 7) is 0.629. The third-order valence-electron chi connectivity index (χ3n) is 5.70. The summed E-state index contributed by atoms with van der Waals surface area (Å²) in [5, 5.41) is 11.2.